The Morgan fingerprint density at radius 2 is 1.49 bits per heavy atom. The van der Waals surface area contributed by atoms with Gasteiger partial charge in [0.25, 0.3) is 0 Å². The van der Waals surface area contributed by atoms with E-state index in [-0.39, 0.29) is 19.3 Å². The van der Waals surface area contributed by atoms with E-state index in [1.165, 1.54) is 11.1 Å². The molecule has 0 bridgehead atoms. The molecule has 272 valence electrons. The van der Waals surface area contributed by atoms with Gasteiger partial charge in [0.15, 0.2) is 12.6 Å². The number of halogens is 1. The molecule has 5 rings (SSSR count). The highest BCUT2D eigenvalue weighted by atomic mass is 35.5. The van der Waals surface area contributed by atoms with Crippen molar-refractivity contribution in [1.82, 2.24) is 9.80 Å². The number of hydrogen-bond acceptors (Lipinski definition) is 15. The van der Waals surface area contributed by atoms with Crippen LogP contribution in [-0.2, 0) is 28.5 Å². The van der Waals surface area contributed by atoms with E-state index >= 15 is 0 Å². The molecule has 1 unspecified atom stereocenters. The average Bonchev–Trinajstić information content (AvgIpc) is 3.11. The highest BCUT2D eigenvalue weighted by Crippen LogP contribution is 2.31. The number of esters is 1. The molecule has 3 heterocycles. The van der Waals surface area contributed by atoms with Gasteiger partial charge in [0.2, 0.25) is 0 Å². The molecule has 3 aliphatic heterocycles. The van der Waals surface area contributed by atoms with Crippen LogP contribution in [0.5, 0.6) is 0 Å². The summed E-state index contributed by atoms with van der Waals surface area (Å²) in [5.74, 6) is -0.749. The Morgan fingerprint density at radius 1 is 0.816 bits per heavy atom. The van der Waals surface area contributed by atoms with Crippen LogP contribution >= 0.6 is 11.6 Å². The zero-order valence-electron chi connectivity index (χ0n) is 26.8. The summed E-state index contributed by atoms with van der Waals surface area (Å²) >= 11 is 6.14. The number of piperazine rings is 1. The lowest BCUT2D eigenvalue weighted by atomic mass is 9.96. The quantitative estimate of drug-likeness (QED) is 0.0905. The SMILES string of the molecule is O=C(COCCN1CCN(C(c2ccccc2)c2ccc(Cl)cc2)CC1)OC[C@H]1O[C@@H](O[C@H]2[C@H](O)[C@@H](O)[C@@H](O)O[C@@H]2CO)[C@H](O)[C@@H](O)[C@H]1O. The molecule has 11 atom stereocenters. The molecule has 49 heavy (non-hydrogen) atoms. The summed E-state index contributed by atoms with van der Waals surface area (Å²) in [6, 6.07) is 18.3. The van der Waals surface area contributed by atoms with Crippen LogP contribution < -0.4 is 0 Å². The lowest BCUT2D eigenvalue weighted by molar-refractivity contribution is -0.355. The second-order valence-corrected chi connectivity index (χ2v) is 12.8. The van der Waals surface area contributed by atoms with Crippen molar-refractivity contribution < 1.29 is 64.2 Å². The lowest BCUT2D eigenvalue weighted by Gasteiger charge is -2.45. The van der Waals surface area contributed by atoms with Gasteiger partial charge in [-0.1, -0.05) is 54.1 Å². The Bertz CT molecular complexity index is 1300. The normalized spacial score (nSPS) is 33.6. The van der Waals surface area contributed by atoms with Gasteiger partial charge in [0.1, 0.15) is 62.0 Å². The first kappa shape index (κ1) is 37.9. The summed E-state index contributed by atoms with van der Waals surface area (Å²) in [4.78, 5) is 17.1. The monoisotopic (exact) mass is 712 g/mol. The Kier molecular flexibility index (Phi) is 13.7. The van der Waals surface area contributed by atoms with Crippen LogP contribution in [0.2, 0.25) is 5.02 Å². The van der Waals surface area contributed by atoms with Crippen LogP contribution in [0.1, 0.15) is 17.2 Å². The van der Waals surface area contributed by atoms with Crippen molar-refractivity contribution in [3.63, 3.8) is 0 Å². The van der Waals surface area contributed by atoms with E-state index in [1.54, 1.807) is 0 Å². The van der Waals surface area contributed by atoms with Gasteiger partial charge in [-0.15, -0.1) is 0 Å². The molecule has 3 saturated heterocycles. The van der Waals surface area contributed by atoms with Crippen molar-refractivity contribution in [2.45, 2.75) is 67.5 Å². The molecule has 0 spiro atoms. The van der Waals surface area contributed by atoms with E-state index < -0.39 is 80.6 Å². The van der Waals surface area contributed by atoms with Crippen molar-refractivity contribution in [3.05, 3.63) is 70.7 Å². The summed E-state index contributed by atoms with van der Waals surface area (Å²) in [6.45, 7) is 2.52. The molecule has 3 fully saturated rings. The first-order valence-corrected chi connectivity index (χ1v) is 16.6. The summed E-state index contributed by atoms with van der Waals surface area (Å²) in [6.07, 6.45) is -16.5. The minimum Gasteiger partial charge on any atom is -0.461 e. The van der Waals surface area contributed by atoms with Crippen LogP contribution in [0.25, 0.3) is 0 Å². The lowest BCUT2D eigenvalue weighted by Crippen LogP contribution is -2.64. The maximum Gasteiger partial charge on any atom is 0.332 e. The Balaban J connectivity index is 1.04. The predicted molar refractivity (Wildman–Crippen MR) is 171 cm³/mol. The van der Waals surface area contributed by atoms with Gasteiger partial charge in [-0.25, -0.2) is 4.79 Å². The molecule has 2 aromatic carbocycles. The van der Waals surface area contributed by atoms with Crippen LogP contribution in [0.3, 0.4) is 0 Å². The second-order valence-electron chi connectivity index (χ2n) is 12.3. The molecular formula is C33H45ClN2O13. The van der Waals surface area contributed by atoms with E-state index in [1.807, 2.05) is 30.3 Å². The average molecular weight is 713 g/mol. The molecule has 0 aromatic heterocycles. The number of carbonyl (C=O) groups is 1. The standard InChI is InChI=1S/C33H45ClN2O13/c34-21-8-6-20(7-9-21)25(19-4-2-1-3-5-19)36-12-10-35(11-13-36)14-15-45-18-24(38)46-17-23-26(39)27(40)30(43)33(48-23)49-31-22(16-37)47-32(44)29(42)28(31)41/h1-9,22-23,25-33,37,39-44H,10-18H2/t22-,23-,25?,26+,27+,28-,29-,30-,31-,32+,33+/m1/s1. The first-order chi connectivity index (χ1) is 23.6. The minimum absolute atomic E-state index is 0.0942. The van der Waals surface area contributed by atoms with Crippen molar-refractivity contribution in [2.75, 3.05) is 59.2 Å². The van der Waals surface area contributed by atoms with E-state index in [2.05, 4.69) is 34.1 Å². The first-order valence-electron chi connectivity index (χ1n) is 16.2. The van der Waals surface area contributed by atoms with E-state index in [0.29, 0.717) is 11.6 Å². The molecule has 3 aliphatic rings. The molecule has 16 heteroatoms. The van der Waals surface area contributed by atoms with Crippen LogP contribution in [0.15, 0.2) is 54.6 Å². The van der Waals surface area contributed by atoms with Crippen LogP contribution in [-0.4, -0.2) is 172 Å². The van der Waals surface area contributed by atoms with Crippen molar-refractivity contribution >= 4 is 17.6 Å². The Morgan fingerprint density at radius 3 is 2.16 bits per heavy atom. The maximum absolute atomic E-state index is 12.4. The number of ether oxygens (including phenoxy) is 5. The summed E-state index contributed by atoms with van der Waals surface area (Å²) in [5, 5.41) is 71.4. The van der Waals surface area contributed by atoms with Gasteiger partial charge in [-0.2, -0.15) is 0 Å². The molecule has 0 amide bonds. The molecular weight excluding hydrogens is 668 g/mol. The van der Waals surface area contributed by atoms with Crippen LogP contribution in [0.4, 0.5) is 0 Å². The number of carbonyl (C=O) groups excluding carboxylic acids is 1. The molecule has 15 nitrogen and oxygen atoms in total. The fraction of sp³-hybridized carbons (Fsp3) is 0.606. The predicted octanol–water partition coefficient (Wildman–Crippen LogP) is -1.77. The Labute approximate surface area is 288 Å². The third-order valence-corrected chi connectivity index (χ3v) is 9.30. The number of nitrogens with zero attached hydrogens (tertiary/aromatic N) is 2. The summed E-state index contributed by atoms with van der Waals surface area (Å²) < 4.78 is 26.8. The van der Waals surface area contributed by atoms with Crippen molar-refractivity contribution in [1.29, 1.82) is 0 Å². The molecule has 0 aliphatic carbocycles. The molecule has 0 radical (unpaired) electrons. The van der Waals surface area contributed by atoms with Gasteiger partial charge in [0.05, 0.1) is 19.3 Å². The number of aliphatic hydroxyl groups is 7. The smallest absolute Gasteiger partial charge is 0.332 e. The fourth-order valence-electron chi connectivity index (χ4n) is 6.26. The summed E-state index contributed by atoms with van der Waals surface area (Å²) in [7, 11) is 0. The Hall–Kier alpha value is -2.32. The fourth-order valence-corrected chi connectivity index (χ4v) is 6.39. The van der Waals surface area contributed by atoms with E-state index in [9.17, 15) is 40.5 Å². The van der Waals surface area contributed by atoms with Gasteiger partial charge in [-0.3, -0.25) is 9.80 Å². The maximum atomic E-state index is 12.4. The number of aliphatic hydroxyl groups excluding tert-OH is 7. The zero-order valence-corrected chi connectivity index (χ0v) is 27.5. The van der Waals surface area contributed by atoms with Crippen LogP contribution in [0, 0.1) is 0 Å². The van der Waals surface area contributed by atoms with Gasteiger partial charge < -0.3 is 59.4 Å². The second kappa shape index (κ2) is 17.7. The zero-order chi connectivity index (χ0) is 35.1. The number of hydrogen-bond donors (Lipinski definition) is 7. The largest absolute Gasteiger partial charge is 0.461 e. The van der Waals surface area contributed by atoms with Gasteiger partial charge in [0, 0.05) is 37.7 Å². The van der Waals surface area contributed by atoms with Gasteiger partial charge >= 0.3 is 5.97 Å². The molecule has 7 N–H and O–H groups in total. The highest BCUT2D eigenvalue weighted by molar-refractivity contribution is 6.30. The van der Waals surface area contributed by atoms with Gasteiger partial charge in [-0.05, 0) is 23.3 Å². The topological polar surface area (TPSA) is 211 Å². The van der Waals surface area contributed by atoms with Crippen molar-refractivity contribution in [3.8, 4) is 0 Å². The third kappa shape index (κ3) is 9.52. The highest BCUT2D eigenvalue weighted by Gasteiger charge is 2.50. The van der Waals surface area contributed by atoms with E-state index in [0.717, 1.165) is 26.2 Å². The van der Waals surface area contributed by atoms with E-state index in [4.69, 9.17) is 35.3 Å². The molecule has 0 saturated carbocycles. The molecule has 2 aromatic rings. The number of rotatable bonds is 13. The van der Waals surface area contributed by atoms with Crippen molar-refractivity contribution in [2.24, 2.45) is 0 Å². The minimum atomic E-state index is -1.82. The third-order valence-electron chi connectivity index (χ3n) is 9.05. The number of benzene rings is 2. The summed E-state index contributed by atoms with van der Waals surface area (Å²) in [5.41, 5.74) is 2.37.